The monoisotopic (exact) mass is 239 g/mol. The van der Waals surface area contributed by atoms with Crippen LogP contribution < -0.4 is 5.32 Å². The first-order valence-corrected chi connectivity index (χ1v) is 5.01. The summed E-state index contributed by atoms with van der Waals surface area (Å²) in [5.74, 6) is -1.35. The van der Waals surface area contributed by atoms with Crippen molar-refractivity contribution in [2.24, 2.45) is 5.92 Å². The third kappa shape index (κ3) is 3.40. The van der Waals surface area contributed by atoms with Gasteiger partial charge in [0.15, 0.2) is 6.20 Å². The molecule has 0 radical (unpaired) electrons. The molecule has 1 atom stereocenters. The molecule has 0 amide bonds. The topological polar surface area (TPSA) is 105 Å². The van der Waals surface area contributed by atoms with Gasteiger partial charge in [-0.3, -0.25) is 0 Å². The van der Waals surface area contributed by atoms with Gasteiger partial charge >= 0.3 is 11.8 Å². The van der Waals surface area contributed by atoms with Crippen molar-refractivity contribution in [1.82, 2.24) is 4.98 Å². The van der Waals surface area contributed by atoms with Crippen molar-refractivity contribution in [1.29, 1.82) is 0 Å². The molecule has 0 bridgehead atoms. The Morgan fingerprint density at radius 1 is 1.53 bits per heavy atom. The molecular formula is C10H13N3O4. The molecule has 1 aromatic heterocycles. The van der Waals surface area contributed by atoms with E-state index in [2.05, 4.69) is 10.3 Å². The summed E-state index contributed by atoms with van der Waals surface area (Å²) in [6.07, 6.45) is 1.25. The van der Waals surface area contributed by atoms with Gasteiger partial charge in [-0.2, -0.15) is 0 Å². The Morgan fingerprint density at radius 3 is 2.53 bits per heavy atom. The van der Waals surface area contributed by atoms with Crippen molar-refractivity contribution in [2.45, 2.75) is 19.9 Å². The van der Waals surface area contributed by atoms with Gasteiger partial charge in [0.25, 0.3) is 0 Å². The molecule has 0 aliphatic rings. The van der Waals surface area contributed by atoms with E-state index in [0.717, 1.165) is 0 Å². The second kappa shape index (κ2) is 5.24. The quantitative estimate of drug-likeness (QED) is 0.596. The molecule has 0 saturated carbocycles. The number of nitro groups is 1. The van der Waals surface area contributed by atoms with Gasteiger partial charge in [0.1, 0.15) is 6.04 Å². The Bertz CT molecular complexity index is 416. The van der Waals surface area contributed by atoms with Gasteiger partial charge in [-0.1, -0.05) is 13.8 Å². The van der Waals surface area contributed by atoms with Crippen LogP contribution >= 0.6 is 0 Å². The third-order valence-corrected chi connectivity index (χ3v) is 2.19. The van der Waals surface area contributed by atoms with Gasteiger partial charge in [-0.05, 0) is 21.9 Å². The second-order valence-corrected chi connectivity index (χ2v) is 3.87. The van der Waals surface area contributed by atoms with E-state index < -0.39 is 16.9 Å². The minimum Gasteiger partial charge on any atom is -0.480 e. The highest BCUT2D eigenvalue weighted by Crippen LogP contribution is 2.15. The Hall–Kier alpha value is -2.18. The number of anilines is 1. The molecule has 92 valence electrons. The van der Waals surface area contributed by atoms with E-state index >= 15 is 0 Å². The van der Waals surface area contributed by atoms with Gasteiger partial charge in [0.05, 0.1) is 5.69 Å². The van der Waals surface area contributed by atoms with Crippen LogP contribution in [0.2, 0.25) is 0 Å². The van der Waals surface area contributed by atoms with Crippen LogP contribution in [-0.2, 0) is 4.79 Å². The lowest BCUT2D eigenvalue weighted by atomic mass is 10.0. The number of nitrogens with one attached hydrogen (secondary N) is 1. The maximum absolute atomic E-state index is 10.9. The molecule has 17 heavy (non-hydrogen) atoms. The third-order valence-electron chi connectivity index (χ3n) is 2.19. The van der Waals surface area contributed by atoms with Crippen molar-refractivity contribution in [3.8, 4) is 0 Å². The fourth-order valence-corrected chi connectivity index (χ4v) is 1.27. The number of rotatable bonds is 5. The van der Waals surface area contributed by atoms with Gasteiger partial charge in [-0.15, -0.1) is 0 Å². The van der Waals surface area contributed by atoms with Crippen LogP contribution in [0.4, 0.5) is 11.5 Å². The lowest BCUT2D eigenvalue weighted by Crippen LogP contribution is -2.34. The molecule has 0 aliphatic heterocycles. The number of aliphatic carboxylic acids is 1. The number of carboxylic acids is 1. The first kappa shape index (κ1) is 12.9. The Labute approximate surface area is 97.6 Å². The summed E-state index contributed by atoms with van der Waals surface area (Å²) in [6, 6.07) is 1.91. The van der Waals surface area contributed by atoms with E-state index in [0.29, 0.717) is 5.69 Å². The summed E-state index contributed by atoms with van der Waals surface area (Å²) in [4.78, 5) is 24.3. The predicted octanol–water partition coefficient (Wildman–Crippen LogP) is 1.51. The number of pyridine rings is 1. The number of hydrogen-bond donors (Lipinski definition) is 2. The average molecular weight is 239 g/mol. The highest BCUT2D eigenvalue weighted by molar-refractivity contribution is 5.77. The Balaban J connectivity index is 2.80. The van der Waals surface area contributed by atoms with E-state index in [-0.39, 0.29) is 11.7 Å². The van der Waals surface area contributed by atoms with Crippen LogP contribution in [-0.4, -0.2) is 27.0 Å². The average Bonchev–Trinajstić information content (AvgIpc) is 2.25. The van der Waals surface area contributed by atoms with Crippen LogP contribution in [0.3, 0.4) is 0 Å². The number of nitrogens with zero attached hydrogens (tertiary/aromatic N) is 2. The fraction of sp³-hybridized carbons (Fsp3) is 0.400. The number of carboxylic acid groups (broad SMARTS) is 1. The zero-order valence-electron chi connectivity index (χ0n) is 9.45. The maximum atomic E-state index is 10.9. The lowest BCUT2D eigenvalue weighted by Gasteiger charge is -2.18. The first-order chi connectivity index (χ1) is 7.91. The van der Waals surface area contributed by atoms with Crippen LogP contribution in [0.5, 0.6) is 0 Å². The van der Waals surface area contributed by atoms with E-state index in [9.17, 15) is 14.9 Å². The summed E-state index contributed by atoms with van der Waals surface area (Å²) >= 11 is 0. The number of aromatic nitrogens is 1. The van der Waals surface area contributed by atoms with Crippen molar-refractivity contribution in [3.05, 3.63) is 28.4 Å². The van der Waals surface area contributed by atoms with Crippen LogP contribution in [0.1, 0.15) is 13.8 Å². The maximum Gasteiger partial charge on any atom is 0.363 e. The minimum atomic E-state index is -0.974. The molecule has 0 aliphatic carbocycles. The summed E-state index contributed by atoms with van der Waals surface area (Å²) < 4.78 is 0. The highest BCUT2D eigenvalue weighted by atomic mass is 16.6. The summed E-state index contributed by atoms with van der Waals surface area (Å²) in [7, 11) is 0. The summed E-state index contributed by atoms with van der Waals surface area (Å²) in [5, 5.41) is 22.1. The second-order valence-electron chi connectivity index (χ2n) is 3.87. The molecule has 2 N–H and O–H groups in total. The summed E-state index contributed by atoms with van der Waals surface area (Å²) in [5.41, 5.74) is 0.441. The molecule has 0 aromatic carbocycles. The summed E-state index contributed by atoms with van der Waals surface area (Å²) in [6.45, 7) is 3.54. The molecule has 1 rings (SSSR count). The highest BCUT2D eigenvalue weighted by Gasteiger charge is 2.21. The van der Waals surface area contributed by atoms with E-state index in [1.165, 1.54) is 18.3 Å². The van der Waals surface area contributed by atoms with Crippen molar-refractivity contribution >= 4 is 17.5 Å². The number of carbonyl (C=O) groups is 1. The normalized spacial score (nSPS) is 12.2. The van der Waals surface area contributed by atoms with Crippen molar-refractivity contribution in [2.75, 3.05) is 5.32 Å². The lowest BCUT2D eigenvalue weighted by molar-refractivity contribution is -0.389. The smallest absolute Gasteiger partial charge is 0.363 e. The van der Waals surface area contributed by atoms with Gasteiger partial charge in [-0.25, -0.2) is 4.79 Å². The molecule has 1 aromatic rings. The fourth-order valence-electron chi connectivity index (χ4n) is 1.27. The van der Waals surface area contributed by atoms with Crippen LogP contribution in [0, 0.1) is 16.0 Å². The van der Waals surface area contributed by atoms with Crippen LogP contribution in [0.25, 0.3) is 0 Å². The van der Waals surface area contributed by atoms with Gasteiger partial charge < -0.3 is 20.5 Å². The van der Waals surface area contributed by atoms with E-state index in [1.807, 2.05) is 0 Å². The van der Waals surface area contributed by atoms with Crippen molar-refractivity contribution in [3.63, 3.8) is 0 Å². The molecular weight excluding hydrogens is 226 g/mol. The standard InChI is InChI=1S/C10H13N3O4/c1-6(2)9(10(14)15)12-7-3-4-8(11-5-7)13(16)17/h3-6,9,12H,1-2H3,(H,14,15)/t9-/m0/s1. The molecule has 0 saturated heterocycles. The Kier molecular flexibility index (Phi) is 3.97. The molecule has 7 nitrogen and oxygen atoms in total. The zero-order valence-corrected chi connectivity index (χ0v) is 9.45. The minimum absolute atomic E-state index is 0.109. The first-order valence-electron chi connectivity index (χ1n) is 5.01. The molecule has 1 heterocycles. The van der Waals surface area contributed by atoms with Gasteiger partial charge in [0.2, 0.25) is 0 Å². The zero-order chi connectivity index (χ0) is 13.0. The van der Waals surface area contributed by atoms with Crippen LogP contribution in [0.15, 0.2) is 18.3 Å². The largest absolute Gasteiger partial charge is 0.480 e. The van der Waals surface area contributed by atoms with Gasteiger partial charge in [0, 0.05) is 6.07 Å². The Morgan fingerprint density at radius 2 is 2.18 bits per heavy atom. The molecule has 0 fully saturated rings. The molecule has 0 unspecified atom stereocenters. The predicted molar refractivity (Wildman–Crippen MR) is 60.8 cm³/mol. The van der Waals surface area contributed by atoms with E-state index in [1.54, 1.807) is 13.8 Å². The molecule has 7 heteroatoms. The molecule has 0 spiro atoms. The van der Waals surface area contributed by atoms with Crippen molar-refractivity contribution < 1.29 is 14.8 Å². The van der Waals surface area contributed by atoms with E-state index in [4.69, 9.17) is 5.11 Å². The SMILES string of the molecule is CC(C)[C@H](Nc1ccc([N+](=O)[O-])nc1)C(=O)O. The number of hydrogen-bond acceptors (Lipinski definition) is 5.